The quantitative estimate of drug-likeness (QED) is 0.725. The number of aryl methyl sites for hydroxylation is 2. The number of aromatic nitrogens is 2. The number of morpholine rings is 1. The fourth-order valence-corrected chi connectivity index (χ4v) is 2.14. The lowest BCUT2D eigenvalue weighted by atomic mass is 10.2. The number of rotatable bonds is 6. The zero-order chi connectivity index (χ0) is 13.5. The van der Waals surface area contributed by atoms with Crippen LogP contribution in [-0.2, 0) is 23.0 Å². The van der Waals surface area contributed by atoms with Gasteiger partial charge in [-0.2, -0.15) is 5.10 Å². The van der Waals surface area contributed by atoms with Gasteiger partial charge in [0.05, 0.1) is 26.0 Å². The largest absolute Gasteiger partial charge is 0.379 e. The SMILES string of the molecule is Cn1cc(CCCNC(=O)CN2CCOCC2)cn1. The van der Waals surface area contributed by atoms with Crippen molar-refractivity contribution in [3.8, 4) is 0 Å². The molecule has 6 nitrogen and oxygen atoms in total. The Balaban J connectivity index is 1.56. The van der Waals surface area contributed by atoms with Crippen molar-refractivity contribution in [1.82, 2.24) is 20.0 Å². The molecular weight excluding hydrogens is 244 g/mol. The molecule has 1 aliphatic rings. The van der Waals surface area contributed by atoms with Crippen LogP contribution in [0.5, 0.6) is 0 Å². The van der Waals surface area contributed by atoms with E-state index in [1.165, 1.54) is 5.56 Å². The van der Waals surface area contributed by atoms with Crippen molar-refractivity contribution in [1.29, 1.82) is 0 Å². The van der Waals surface area contributed by atoms with Crippen LogP contribution in [0, 0.1) is 0 Å². The summed E-state index contributed by atoms with van der Waals surface area (Å²) < 4.78 is 7.05. The lowest BCUT2D eigenvalue weighted by Gasteiger charge is -2.25. The van der Waals surface area contributed by atoms with E-state index in [-0.39, 0.29) is 5.91 Å². The molecule has 2 rings (SSSR count). The van der Waals surface area contributed by atoms with Crippen molar-refractivity contribution in [2.75, 3.05) is 39.4 Å². The van der Waals surface area contributed by atoms with Crippen LogP contribution in [0.25, 0.3) is 0 Å². The molecule has 0 spiro atoms. The van der Waals surface area contributed by atoms with E-state index in [2.05, 4.69) is 15.3 Å². The van der Waals surface area contributed by atoms with Crippen molar-refractivity contribution >= 4 is 5.91 Å². The summed E-state index contributed by atoms with van der Waals surface area (Å²) in [5, 5.41) is 7.08. The number of carbonyl (C=O) groups is 1. The van der Waals surface area contributed by atoms with Gasteiger partial charge in [-0.1, -0.05) is 0 Å². The number of hydrogen-bond donors (Lipinski definition) is 1. The van der Waals surface area contributed by atoms with E-state index < -0.39 is 0 Å². The molecule has 1 aromatic rings. The third-order valence-electron chi connectivity index (χ3n) is 3.19. The lowest BCUT2D eigenvalue weighted by Crippen LogP contribution is -2.43. The summed E-state index contributed by atoms with van der Waals surface area (Å²) in [4.78, 5) is 13.8. The topological polar surface area (TPSA) is 59.4 Å². The first-order chi connectivity index (χ1) is 9.24. The van der Waals surface area contributed by atoms with E-state index in [1.807, 2.05) is 19.4 Å². The first-order valence-corrected chi connectivity index (χ1v) is 6.78. The summed E-state index contributed by atoms with van der Waals surface area (Å²) >= 11 is 0. The Morgan fingerprint density at radius 3 is 2.95 bits per heavy atom. The molecule has 19 heavy (non-hydrogen) atoms. The van der Waals surface area contributed by atoms with Crippen LogP contribution in [0.1, 0.15) is 12.0 Å². The smallest absolute Gasteiger partial charge is 0.234 e. The Morgan fingerprint density at radius 2 is 2.26 bits per heavy atom. The Morgan fingerprint density at radius 1 is 1.47 bits per heavy atom. The molecule has 1 amide bonds. The number of nitrogens with zero attached hydrogens (tertiary/aromatic N) is 3. The highest BCUT2D eigenvalue weighted by Gasteiger charge is 2.13. The molecule has 0 atom stereocenters. The van der Waals surface area contributed by atoms with Gasteiger partial charge in [-0.15, -0.1) is 0 Å². The molecule has 1 aromatic heterocycles. The molecule has 0 radical (unpaired) electrons. The van der Waals surface area contributed by atoms with Crippen molar-refractivity contribution in [2.24, 2.45) is 7.05 Å². The predicted octanol–water partition coefficient (Wildman–Crippen LogP) is -0.199. The first kappa shape index (κ1) is 14.0. The fourth-order valence-electron chi connectivity index (χ4n) is 2.14. The van der Waals surface area contributed by atoms with Gasteiger partial charge >= 0.3 is 0 Å². The molecule has 1 saturated heterocycles. The van der Waals surface area contributed by atoms with Crippen LogP contribution in [0.15, 0.2) is 12.4 Å². The van der Waals surface area contributed by atoms with Crippen LogP contribution in [0.2, 0.25) is 0 Å². The highest BCUT2D eigenvalue weighted by Crippen LogP contribution is 2.00. The Hall–Kier alpha value is -1.40. The van der Waals surface area contributed by atoms with Gasteiger partial charge in [0.1, 0.15) is 0 Å². The number of carbonyl (C=O) groups excluding carboxylic acids is 1. The molecule has 0 unspecified atom stereocenters. The normalized spacial score (nSPS) is 16.5. The number of hydrogen-bond acceptors (Lipinski definition) is 4. The number of amides is 1. The summed E-state index contributed by atoms with van der Waals surface area (Å²) in [7, 11) is 1.91. The Labute approximate surface area is 113 Å². The maximum Gasteiger partial charge on any atom is 0.234 e. The van der Waals surface area contributed by atoms with Crippen molar-refractivity contribution < 1.29 is 9.53 Å². The molecule has 1 aliphatic heterocycles. The summed E-state index contributed by atoms with van der Waals surface area (Å²) in [6.07, 6.45) is 5.78. The summed E-state index contributed by atoms with van der Waals surface area (Å²) in [5.41, 5.74) is 1.21. The molecule has 0 aromatic carbocycles. The zero-order valence-corrected chi connectivity index (χ0v) is 11.5. The second-order valence-electron chi connectivity index (χ2n) is 4.86. The van der Waals surface area contributed by atoms with E-state index in [0.717, 1.165) is 45.7 Å². The van der Waals surface area contributed by atoms with E-state index in [0.29, 0.717) is 6.54 Å². The molecule has 6 heteroatoms. The van der Waals surface area contributed by atoms with Gasteiger partial charge in [0, 0.05) is 32.9 Å². The highest BCUT2D eigenvalue weighted by atomic mass is 16.5. The molecule has 0 aliphatic carbocycles. The molecule has 1 fully saturated rings. The molecule has 1 N–H and O–H groups in total. The summed E-state index contributed by atoms with van der Waals surface area (Å²) in [6.45, 7) is 4.36. The van der Waals surface area contributed by atoms with E-state index in [1.54, 1.807) is 4.68 Å². The third kappa shape index (κ3) is 5.00. The maximum absolute atomic E-state index is 11.7. The minimum absolute atomic E-state index is 0.105. The average molecular weight is 266 g/mol. The second kappa shape index (κ2) is 7.25. The first-order valence-electron chi connectivity index (χ1n) is 6.78. The van der Waals surface area contributed by atoms with Crippen molar-refractivity contribution in [2.45, 2.75) is 12.8 Å². The van der Waals surface area contributed by atoms with Gasteiger partial charge in [-0.3, -0.25) is 14.4 Å². The summed E-state index contributed by atoms with van der Waals surface area (Å²) in [5.74, 6) is 0.105. The Kier molecular flexibility index (Phi) is 5.35. The van der Waals surface area contributed by atoms with Crippen molar-refractivity contribution in [3.05, 3.63) is 18.0 Å². The molecule has 0 saturated carbocycles. The zero-order valence-electron chi connectivity index (χ0n) is 11.5. The van der Waals surface area contributed by atoms with E-state index >= 15 is 0 Å². The van der Waals surface area contributed by atoms with Crippen molar-refractivity contribution in [3.63, 3.8) is 0 Å². The predicted molar refractivity (Wildman–Crippen MR) is 71.8 cm³/mol. The Bertz CT molecular complexity index is 399. The highest BCUT2D eigenvalue weighted by molar-refractivity contribution is 5.77. The molecular formula is C13H22N4O2. The van der Waals surface area contributed by atoms with Crippen LogP contribution in [0.3, 0.4) is 0 Å². The minimum Gasteiger partial charge on any atom is -0.379 e. The van der Waals surface area contributed by atoms with E-state index in [9.17, 15) is 4.79 Å². The summed E-state index contributed by atoms with van der Waals surface area (Å²) in [6, 6.07) is 0. The molecule has 2 heterocycles. The third-order valence-corrected chi connectivity index (χ3v) is 3.19. The number of ether oxygens (including phenoxy) is 1. The standard InChI is InChI=1S/C13H22N4O2/c1-16-10-12(9-15-16)3-2-4-14-13(18)11-17-5-7-19-8-6-17/h9-10H,2-8,11H2,1H3,(H,14,18). The van der Waals surface area contributed by atoms with Gasteiger partial charge < -0.3 is 10.1 Å². The van der Waals surface area contributed by atoms with Gasteiger partial charge in [-0.25, -0.2) is 0 Å². The van der Waals surface area contributed by atoms with Gasteiger partial charge in [0.25, 0.3) is 0 Å². The second-order valence-corrected chi connectivity index (χ2v) is 4.86. The van der Waals surface area contributed by atoms with Crippen LogP contribution in [0.4, 0.5) is 0 Å². The van der Waals surface area contributed by atoms with Crippen LogP contribution in [-0.4, -0.2) is 60.0 Å². The monoisotopic (exact) mass is 266 g/mol. The fraction of sp³-hybridized carbons (Fsp3) is 0.692. The number of nitrogens with one attached hydrogen (secondary N) is 1. The van der Waals surface area contributed by atoms with Crippen LogP contribution >= 0.6 is 0 Å². The maximum atomic E-state index is 11.7. The molecule has 106 valence electrons. The van der Waals surface area contributed by atoms with Crippen LogP contribution < -0.4 is 5.32 Å². The lowest BCUT2D eigenvalue weighted by molar-refractivity contribution is -0.123. The minimum atomic E-state index is 0.105. The van der Waals surface area contributed by atoms with Gasteiger partial charge in [-0.05, 0) is 18.4 Å². The molecule has 0 bridgehead atoms. The van der Waals surface area contributed by atoms with Gasteiger partial charge in [0.2, 0.25) is 5.91 Å². The van der Waals surface area contributed by atoms with E-state index in [4.69, 9.17) is 4.74 Å². The van der Waals surface area contributed by atoms with Gasteiger partial charge in [0.15, 0.2) is 0 Å². The average Bonchev–Trinajstić information content (AvgIpc) is 2.82.